The minimum Gasteiger partial charge on any atom is -0.459 e. The molecule has 0 heterocycles. The Morgan fingerprint density at radius 2 is 1.90 bits per heavy atom. The van der Waals surface area contributed by atoms with Crippen LogP contribution in [-0.4, -0.2) is 23.4 Å². The molecule has 20 heavy (non-hydrogen) atoms. The Bertz CT molecular complexity index is 524. The molecule has 0 amide bonds. The Morgan fingerprint density at radius 3 is 2.40 bits per heavy atom. The molecule has 2 N–H and O–H groups in total. The van der Waals surface area contributed by atoms with Crippen LogP contribution in [0.2, 0.25) is 0 Å². The SMILES string of the molecule is CC(C)(C)OC(=O)C(N)CC(=O)c1ccc(F)cc1F. The van der Waals surface area contributed by atoms with Crippen LogP contribution in [0, 0.1) is 11.6 Å². The molecular formula is C14H17F2NO3. The lowest BCUT2D eigenvalue weighted by molar-refractivity contribution is -0.156. The number of ether oxygens (including phenoxy) is 1. The highest BCUT2D eigenvalue weighted by Crippen LogP contribution is 2.14. The van der Waals surface area contributed by atoms with Gasteiger partial charge in [0.1, 0.15) is 23.3 Å². The zero-order valence-corrected chi connectivity index (χ0v) is 11.6. The first-order valence-electron chi connectivity index (χ1n) is 6.07. The topological polar surface area (TPSA) is 69.4 Å². The van der Waals surface area contributed by atoms with Crippen molar-refractivity contribution in [2.24, 2.45) is 5.73 Å². The standard InChI is InChI=1S/C14H17F2NO3/c1-14(2,3)20-13(19)11(17)7-12(18)9-5-4-8(15)6-10(9)16/h4-6,11H,7,17H2,1-3H3. The summed E-state index contributed by atoms with van der Waals surface area (Å²) in [5, 5.41) is 0. The number of hydrogen-bond acceptors (Lipinski definition) is 4. The van der Waals surface area contributed by atoms with Gasteiger partial charge in [-0.25, -0.2) is 8.78 Å². The highest BCUT2D eigenvalue weighted by molar-refractivity contribution is 5.99. The number of carbonyl (C=O) groups excluding carboxylic acids is 2. The third-order valence-electron chi connectivity index (χ3n) is 2.35. The lowest BCUT2D eigenvalue weighted by Crippen LogP contribution is -2.38. The molecular weight excluding hydrogens is 268 g/mol. The molecule has 4 nitrogen and oxygen atoms in total. The molecule has 0 radical (unpaired) electrons. The predicted molar refractivity (Wildman–Crippen MR) is 69.1 cm³/mol. The molecule has 0 saturated heterocycles. The van der Waals surface area contributed by atoms with Crippen molar-refractivity contribution in [2.45, 2.75) is 38.8 Å². The fourth-order valence-electron chi connectivity index (χ4n) is 1.49. The largest absolute Gasteiger partial charge is 0.459 e. The number of halogens is 2. The van der Waals surface area contributed by atoms with Crippen LogP contribution in [0.25, 0.3) is 0 Å². The van der Waals surface area contributed by atoms with E-state index < -0.39 is 41.5 Å². The average Bonchev–Trinajstić information content (AvgIpc) is 2.26. The third kappa shape index (κ3) is 4.70. The van der Waals surface area contributed by atoms with E-state index >= 15 is 0 Å². The maximum Gasteiger partial charge on any atom is 0.323 e. The van der Waals surface area contributed by atoms with Gasteiger partial charge in [-0.2, -0.15) is 0 Å². The van der Waals surface area contributed by atoms with Gasteiger partial charge in [0.25, 0.3) is 0 Å². The molecule has 1 unspecified atom stereocenters. The normalized spacial score (nSPS) is 12.9. The lowest BCUT2D eigenvalue weighted by atomic mass is 10.0. The predicted octanol–water partition coefficient (Wildman–Crippen LogP) is 2.21. The van der Waals surface area contributed by atoms with Crippen LogP contribution in [0.3, 0.4) is 0 Å². The minimum absolute atomic E-state index is 0.301. The van der Waals surface area contributed by atoms with E-state index in [1.807, 2.05) is 0 Å². The van der Waals surface area contributed by atoms with Crippen molar-refractivity contribution in [1.82, 2.24) is 0 Å². The maximum atomic E-state index is 13.4. The molecule has 1 rings (SSSR count). The fourth-order valence-corrected chi connectivity index (χ4v) is 1.49. The number of esters is 1. The Hall–Kier alpha value is -1.82. The van der Waals surface area contributed by atoms with E-state index in [-0.39, 0.29) is 5.56 Å². The van der Waals surface area contributed by atoms with Gasteiger partial charge in [0.05, 0.1) is 5.56 Å². The molecule has 6 heteroatoms. The van der Waals surface area contributed by atoms with Crippen LogP contribution < -0.4 is 5.73 Å². The van der Waals surface area contributed by atoms with Crippen LogP contribution in [0.15, 0.2) is 18.2 Å². The molecule has 0 fully saturated rings. The van der Waals surface area contributed by atoms with Gasteiger partial charge in [-0.1, -0.05) is 0 Å². The Kier molecular flexibility index (Phi) is 4.94. The summed E-state index contributed by atoms with van der Waals surface area (Å²) in [7, 11) is 0. The van der Waals surface area contributed by atoms with Crippen molar-refractivity contribution in [3.63, 3.8) is 0 Å². The third-order valence-corrected chi connectivity index (χ3v) is 2.35. The fraction of sp³-hybridized carbons (Fsp3) is 0.429. The van der Waals surface area contributed by atoms with Crippen LogP contribution in [0.5, 0.6) is 0 Å². The van der Waals surface area contributed by atoms with Crippen LogP contribution in [0.4, 0.5) is 8.78 Å². The molecule has 1 atom stereocenters. The summed E-state index contributed by atoms with van der Waals surface area (Å²) < 4.78 is 31.2. The van der Waals surface area contributed by atoms with Crippen molar-refractivity contribution in [2.75, 3.05) is 0 Å². The lowest BCUT2D eigenvalue weighted by Gasteiger charge is -2.21. The van der Waals surface area contributed by atoms with E-state index in [4.69, 9.17) is 10.5 Å². The van der Waals surface area contributed by atoms with E-state index in [9.17, 15) is 18.4 Å². The molecule has 0 aliphatic carbocycles. The first-order chi connectivity index (χ1) is 9.10. The van der Waals surface area contributed by atoms with E-state index in [0.717, 1.165) is 12.1 Å². The first kappa shape index (κ1) is 16.2. The van der Waals surface area contributed by atoms with Crippen LogP contribution in [-0.2, 0) is 9.53 Å². The van der Waals surface area contributed by atoms with Gasteiger partial charge in [-0.3, -0.25) is 9.59 Å². The zero-order valence-electron chi connectivity index (χ0n) is 11.6. The summed E-state index contributed by atoms with van der Waals surface area (Å²) in [5.41, 5.74) is 4.53. The summed E-state index contributed by atoms with van der Waals surface area (Å²) in [6.45, 7) is 5.00. The van der Waals surface area contributed by atoms with Crippen molar-refractivity contribution in [1.29, 1.82) is 0 Å². The van der Waals surface area contributed by atoms with Crippen molar-refractivity contribution in [3.05, 3.63) is 35.4 Å². The summed E-state index contributed by atoms with van der Waals surface area (Å²) in [6, 6.07) is 1.40. The smallest absolute Gasteiger partial charge is 0.323 e. The number of ketones is 1. The van der Waals surface area contributed by atoms with E-state index in [0.29, 0.717) is 6.07 Å². The van der Waals surface area contributed by atoms with Crippen LogP contribution >= 0.6 is 0 Å². The number of nitrogens with two attached hydrogens (primary N) is 1. The molecule has 0 saturated carbocycles. The van der Waals surface area contributed by atoms with Gasteiger partial charge < -0.3 is 10.5 Å². The van der Waals surface area contributed by atoms with Gasteiger partial charge in [0.15, 0.2) is 5.78 Å². The summed E-state index contributed by atoms with van der Waals surface area (Å²) in [6.07, 6.45) is -0.405. The zero-order chi connectivity index (χ0) is 15.5. The second kappa shape index (κ2) is 6.09. The Balaban J connectivity index is 2.73. The minimum atomic E-state index is -1.19. The number of carbonyl (C=O) groups is 2. The molecule has 0 aromatic heterocycles. The van der Waals surface area contributed by atoms with Crippen LogP contribution in [0.1, 0.15) is 37.6 Å². The number of rotatable bonds is 4. The highest BCUT2D eigenvalue weighted by Gasteiger charge is 2.25. The van der Waals surface area contributed by atoms with Crippen molar-refractivity contribution < 1.29 is 23.1 Å². The molecule has 1 aromatic rings. The summed E-state index contributed by atoms with van der Waals surface area (Å²) in [5.74, 6) is -3.18. The van der Waals surface area contributed by atoms with Crippen molar-refractivity contribution in [3.8, 4) is 0 Å². The average molecular weight is 285 g/mol. The van der Waals surface area contributed by atoms with Gasteiger partial charge >= 0.3 is 5.97 Å². The number of Topliss-reactive ketones (excluding diaryl/α,β-unsaturated/α-hetero) is 1. The van der Waals surface area contributed by atoms with Gasteiger partial charge in [0, 0.05) is 12.5 Å². The van der Waals surface area contributed by atoms with Gasteiger partial charge in [0.2, 0.25) is 0 Å². The number of hydrogen-bond donors (Lipinski definition) is 1. The maximum absolute atomic E-state index is 13.4. The first-order valence-corrected chi connectivity index (χ1v) is 6.07. The second-order valence-electron chi connectivity index (χ2n) is 5.39. The molecule has 110 valence electrons. The summed E-state index contributed by atoms with van der Waals surface area (Å²) >= 11 is 0. The second-order valence-corrected chi connectivity index (χ2v) is 5.39. The molecule has 0 aliphatic heterocycles. The Morgan fingerprint density at radius 1 is 1.30 bits per heavy atom. The summed E-state index contributed by atoms with van der Waals surface area (Å²) in [4.78, 5) is 23.4. The van der Waals surface area contributed by atoms with Gasteiger partial charge in [-0.15, -0.1) is 0 Å². The van der Waals surface area contributed by atoms with Gasteiger partial charge in [-0.05, 0) is 32.9 Å². The van der Waals surface area contributed by atoms with E-state index in [2.05, 4.69) is 0 Å². The monoisotopic (exact) mass is 285 g/mol. The molecule has 1 aromatic carbocycles. The highest BCUT2D eigenvalue weighted by atomic mass is 19.1. The van der Waals surface area contributed by atoms with E-state index in [1.54, 1.807) is 20.8 Å². The van der Waals surface area contributed by atoms with Crippen molar-refractivity contribution >= 4 is 11.8 Å². The molecule has 0 aliphatic rings. The molecule has 0 spiro atoms. The van der Waals surface area contributed by atoms with E-state index in [1.165, 1.54) is 0 Å². The molecule has 0 bridgehead atoms. The quantitative estimate of drug-likeness (QED) is 0.680. The number of benzene rings is 1. The Labute approximate surface area is 115 Å².